The fourth-order valence-corrected chi connectivity index (χ4v) is 2.21. The Morgan fingerprint density at radius 3 is 2.61 bits per heavy atom. The molecule has 0 bridgehead atoms. The molecule has 1 N–H and O–H groups in total. The topological polar surface area (TPSA) is 41.6 Å². The number of hydrogen-bond donors (Lipinski definition) is 1. The Kier molecular flexibility index (Phi) is 4.73. The summed E-state index contributed by atoms with van der Waals surface area (Å²) in [5.74, 6) is -0.0159. The average molecular weight is 248 g/mol. The van der Waals surface area contributed by atoms with Gasteiger partial charge in [-0.05, 0) is 31.5 Å². The minimum atomic E-state index is -0.0159. The van der Waals surface area contributed by atoms with E-state index in [0.717, 1.165) is 31.5 Å². The van der Waals surface area contributed by atoms with Crippen molar-refractivity contribution in [1.29, 1.82) is 0 Å². The molecule has 0 aromatic heterocycles. The van der Waals surface area contributed by atoms with E-state index in [4.69, 9.17) is 4.84 Å². The van der Waals surface area contributed by atoms with Gasteiger partial charge in [0.2, 0.25) is 5.91 Å². The summed E-state index contributed by atoms with van der Waals surface area (Å²) in [5, 5.41) is 4.84. The standard InChI is InChI=1S/C14H20N2O2/c1-12(17)16(14-7-9-15-10-8-14)18-11-13-5-3-2-4-6-13/h2-6,14-15H,7-11H2,1H3. The molecule has 0 spiro atoms. The molecule has 4 heteroatoms. The zero-order valence-corrected chi connectivity index (χ0v) is 10.8. The highest BCUT2D eigenvalue weighted by molar-refractivity contribution is 5.72. The fourth-order valence-electron chi connectivity index (χ4n) is 2.21. The molecular formula is C14H20N2O2. The van der Waals surface area contributed by atoms with Gasteiger partial charge in [-0.3, -0.25) is 9.63 Å². The third-order valence-corrected chi connectivity index (χ3v) is 3.16. The quantitative estimate of drug-likeness (QED) is 0.825. The molecular weight excluding hydrogens is 228 g/mol. The van der Waals surface area contributed by atoms with E-state index in [1.807, 2.05) is 30.3 Å². The Hall–Kier alpha value is -1.39. The molecule has 1 amide bonds. The maximum atomic E-state index is 11.6. The van der Waals surface area contributed by atoms with E-state index in [1.54, 1.807) is 12.0 Å². The second kappa shape index (κ2) is 6.52. The summed E-state index contributed by atoms with van der Waals surface area (Å²) in [6.45, 7) is 3.91. The van der Waals surface area contributed by atoms with Crippen LogP contribution in [0.25, 0.3) is 0 Å². The molecule has 1 aliphatic heterocycles. The number of nitrogens with zero attached hydrogens (tertiary/aromatic N) is 1. The van der Waals surface area contributed by atoms with E-state index in [9.17, 15) is 4.79 Å². The Morgan fingerprint density at radius 1 is 1.33 bits per heavy atom. The van der Waals surface area contributed by atoms with Crippen molar-refractivity contribution in [1.82, 2.24) is 10.4 Å². The lowest BCUT2D eigenvalue weighted by Crippen LogP contribution is -2.45. The zero-order chi connectivity index (χ0) is 12.8. The van der Waals surface area contributed by atoms with E-state index in [1.165, 1.54) is 0 Å². The molecule has 1 aliphatic rings. The lowest BCUT2D eigenvalue weighted by atomic mass is 10.1. The number of hydroxylamine groups is 2. The molecule has 18 heavy (non-hydrogen) atoms. The van der Waals surface area contributed by atoms with Crippen LogP contribution in [0.15, 0.2) is 30.3 Å². The Balaban J connectivity index is 1.92. The molecule has 0 saturated carbocycles. The summed E-state index contributed by atoms with van der Waals surface area (Å²) < 4.78 is 0. The summed E-state index contributed by atoms with van der Waals surface area (Å²) in [6.07, 6.45) is 1.91. The summed E-state index contributed by atoms with van der Waals surface area (Å²) in [4.78, 5) is 17.3. The third kappa shape index (κ3) is 3.55. The molecule has 1 fully saturated rings. The Bertz CT molecular complexity index is 375. The lowest BCUT2D eigenvalue weighted by molar-refractivity contribution is -0.206. The summed E-state index contributed by atoms with van der Waals surface area (Å²) in [6, 6.07) is 10.1. The zero-order valence-electron chi connectivity index (χ0n) is 10.8. The van der Waals surface area contributed by atoms with Gasteiger partial charge in [-0.25, -0.2) is 5.06 Å². The molecule has 0 unspecified atom stereocenters. The van der Waals surface area contributed by atoms with Gasteiger partial charge in [-0.2, -0.15) is 0 Å². The van der Waals surface area contributed by atoms with Crippen LogP contribution in [0, 0.1) is 0 Å². The predicted octanol–water partition coefficient (Wildman–Crippen LogP) is 1.72. The van der Waals surface area contributed by atoms with E-state index in [2.05, 4.69) is 5.32 Å². The number of benzene rings is 1. The first-order valence-corrected chi connectivity index (χ1v) is 6.45. The second-order valence-corrected chi connectivity index (χ2v) is 4.59. The smallest absolute Gasteiger partial charge is 0.243 e. The van der Waals surface area contributed by atoms with Crippen LogP contribution in [0.2, 0.25) is 0 Å². The largest absolute Gasteiger partial charge is 0.317 e. The highest BCUT2D eigenvalue weighted by Crippen LogP contribution is 2.14. The molecule has 1 aromatic carbocycles. The van der Waals surface area contributed by atoms with Gasteiger partial charge >= 0.3 is 0 Å². The van der Waals surface area contributed by atoms with Gasteiger partial charge in [0.15, 0.2) is 0 Å². The van der Waals surface area contributed by atoms with Crippen LogP contribution in [0.4, 0.5) is 0 Å². The highest BCUT2D eigenvalue weighted by atomic mass is 16.7. The molecule has 4 nitrogen and oxygen atoms in total. The number of carbonyl (C=O) groups is 1. The van der Waals surface area contributed by atoms with Crippen molar-refractivity contribution in [2.24, 2.45) is 0 Å². The minimum Gasteiger partial charge on any atom is -0.317 e. The highest BCUT2D eigenvalue weighted by Gasteiger charge is 2.23. The first-order chi connectivity index (χ1) is 8.77. The molecule has 98 valence electrons. The first kappa shape index (κ1) is 13.1. The fraction of sp³-hybridized carbons (Fsp3) is 0.500. The van der Waals surface area contributed by atoms with E-state index in [0.29, 0.717) is 6.61 Å². The normalized spacial score (nSPS) is 16.5. The van der Waals surface area contributed by atoms with Gasteiger partial charge < -0.3 is 5.32 Å². The van der Waals surface area contributed by atoms with Gasteiger partial charge in [0.1, 0.15) is 6.61 Å². The molecule has 1 saturated heterocycles. The van der Waals surface area contributed by atoms with Gasteiger partial charge in [0, 0.05) is 6.92 Å². The Morgan fingerprint density at radius 2 is 2.00 bits per heavy atom. The van der Waals surface area contributed by atoms with Crippen LogP contribution in [0.5, 0.6) is 0 Å². The van der Waals surface area contributed by atoms with Crippen LogP contribution < -0.4 is 5.32 Å². The third-order valence-electron chi connectivity index (χ3n) is 3.16. The SMILES string of the molecule is CC(=O)N(OCc1ccccc1)C1CCNCC1. The molecule has 0 radical (unpaired) electrons. The van der Waals surface area contributed by atoms with Crippen molar-refractivity contribution in [3.63, 3.8) is 0 Å². The van der Waals surface area contributed by atoms with Crippen molar-refractivity contribution in [2.75, 3.05) is 13.1 Å². The maximum Gasteiger partial charge on any atom is 0.243 e. The molecule has 2 rings (SSSR count). The average Bonchev–Trinajstić information content (AvgIpc) is 2.41. The number of nitrogens with one attached hydrogen (secondary N) is 1. The lowest BCUT2D eigenvalue weighted by Gasteiger charge is -2.32. The predicted molar refractivity (Wildman–Crippen MR) is 69.6 cm³/mol. The van der Waals surface area contributed by atoms with Crippen molar-refractivity contribution in [3.8, 4) is 0 Å². The van der Waals surface area contributed by atoms with Gasteiger partial charge in [0.05, 0.1) is 6.04 Å². The van der Waals surface area contributed by atoms with Crippen molar-refractivity contribution in [3.05, 3.63) is 35.9 Å². The van der Waals surface area contributed by atoms with Crippen LogP contribution >= 0.6 is 0 Å². The van der Waals surface area contributed by atoms with Gasteiger partial charge in [0.25, 0.3) is 0 Å². The molecule has 0 atom stereocenters. The Labute approximate surface area is 108 Å². The van der Waals surface area contributed by atoms with Crippen LogP contribution in [-0.2, 0) is 16.2 Å². The second-order valence-electron chi connectivity index (χ2n) is 4.59. The number of piperidine rings is 1. The van der Waals surface area contributed by atoms with Gasteiger partial charge in [-0.1, -0.05) is 30.3 Å². The van der Waals surface area contributed by atoms with Crippen LogP contribution in [0.1, 0.15) is 25.3 Å². The first-order valence-electron chi connectivity index (χ1n) is 6.45. The van der Waals surface area contributed by atoms with E-state index in [-0.39, 0.29) is 11.9 Å². The number of amides is 1. The summed E-state index contributed by atoms with van der Waals surface area (Å²) >= 11 is 0. The van der Waals surface area contributed by atoms with E-state index >= 15 is 0 Å². The molecule has 1 aromatic rings. The van der Waals surface area contributed by atoms with Crippen molar-refractivity contribution < 1.29 is 9.63 Å². The van der Waals surface area contributed by atoms with E-state index < -0.39 is 0 Å². The monoisotopic (exact) mass is 248 g/mol. The van der Waals surface area contributed by atoms with Crippen LogP contribution in [0.3, 0.4) is 0 Å². The number of carbonyl (C=O) groups excluding carboxylic acids is 1. The van der Waals surface area contributed by atoms with Crippen molar-refractivity contribution >= 4 is 5.91 Å². The molecule has 0 aliphatic carbocycles. The van der Waals surface area contributed by atoms with Crippen molar-refractivity contribution in [2.45, 2.75) is 32.4 Å². The number of hydrogen-bond acceptors (Lipinski definition) is 3. The summed E-state index contributed by atoms with van der Waals surface area (Å²) in [7, 11) is 0. The number of rotatable bonds is 4. The minimum absolute atomic E-state index is 0.0159. The van der Waals surface area contributed by atoms with Gasteiger partial charge in [-0.15, -0.1) is 0 Å². The van der Waals surface area contributed by atoms with Crippen LogP contribution in [-0.4, -0.2) is 30.1 Å². The molecule has 1 heterocycles. The summed E-state index contributed by atoms with van der Waals surface area (Å²) in [5.41, 5.74) is 1.08. The maximum absolute atomic E-state index is 11.6.